The second-order valence-corrected chi connectivity index (χ2v) is 5.19. The summed E-state index contributed by atoms with van der Waals surface area (Å²) in [7, 11) is 1.75. The van der Waals surface area contributed by atoms with E-state index in [2.05, 4.69) is 15.9 Å². The Morgan fingerprint density at radius 2 is 2.00 bits per heavy atom. The highest BCUT2D eigenvalue weighted by molar-refractivity contribution is 9.10. The average Bonchev–Trinajstić information content (AvgIpc) is 3.09. The molecule has 1 N–H and O–H groups in total. The lowest BCUT2D eigenvalue weighted by Gasteiger charge is -2.22. The molecular weight excluding hydrogens is 270 g/mol. The van der Waals surface area contributed by atoms with Gasteiger partial charge in [0.05, 0.1) is 12.0 Å². The van der Waals surface area contributed by atoms with Gasteiger partial charge in [-0.15, -0.1) is 0 Å². The number of aliphatic hydroxyl groups is 1. The fourth-order valence-electron chi connectivity index (χ4n) is 1.73. The third-order valence-corrected chi connectivity index (χ3v) is 3.66. The quantitative estimate of drug-likeness (QED) is 0.924. The van der Waals surface area contributed by atoms with Crippen molar-refractivity contribution in [2.75, 3.05) is 18.6 Å². The maximum absolute atomic E-state index is 12.1. The van der Waals surface area contributed by atoms with Crippen LogP contribution in [0.15, 0.2) is 28.7 Å². The van der Waals surface area contributed by atoms with Crippen molar-refractivity contribution in [3.63, 3.8) is 0 Å². The molecule has 1 aromatic rings. The van der Waals surface area contributed by atoms with Gasteiger partial charge in [-0.3, -0.25) is 4.79 Å². The molecule has 2 rings (SSSR count). The predicted molar refractivity (Wildman–Crippen MR) is 66.3 cm³/mol. The van der Waals surface area contributed by atoms with Crippen molar-refractivity contribution in [3.8, 4) is 0 Å². The van der Waals surface area contributed by atoms with Gasteiger partial charge in [0, 0.05) is 17.2 Å². The zero-order valence-electron chi connectivity index (χ0n) is 9.11. The van der Waals surface area contributed by atoms with Gasteiger partial charge in [0.1, 0.15) is 0 Å². The van der Waals surface area contributed by atoms with Gasteiger partial charge in [-0.05, 0) is 37.1 Å². The van der Waals surface area contributed by atoms with E-state index in [0.717, 1.165) is 23.0 Å². The number of hydrogen-bond donors (Lipinski definition) is 1. The van der Waals surface area contributed by atoms with E-state index in [1.54, 1.807) is 11.9 Å². The second kappa shape index (κ2) is 4.18. The average molecular weight is 284 g/mol. The zero-order chi connectivity index (χ0) is 11.8. The molecule has 16 heavy (non-hydrogen) atoms. The topological polar surface area (TPSA) is 40.5 Å². The summed E-state index contributed by atoms with van der Waals surface area (Å²) in [5.41, 5.74) is 0.356. The van der Waals surface area contributed by atoms with Gasteiger partial charge in [-0.1, -0.05) is 15.9 Å². The largest absolute Gasteiger partial charge is 0.395 e. The predicted octanol–water partition coefficient (Wildman–Crippen LogP) is 2.18. The molecule has 0 aliphatic heterocycles. The van der Waals surface area contributed by atoms with Crippen LogP contribution < -0.4 is 4.90 Å². The Morgan fingerprint density at radius 1 is 1.44 bits per heavy atom. The first kappa shape index (κ1) is 11.6. The Morgan fingerprint density at radius 3 is 2.44 bits per heavy atom. The number of hydrogen-bond acceptors (Lipinski definition) is 2. The maximum atomic E-state index is 12.1. The summed E-state index contributed by atoms with van der Waals surface area (Å²) >= 11 is 3.35. The highest BCUT2D eigenvalue weighted by atomic mass is 79.9. The Balaban J connectivity index is 2.16. The van der Waals surface area contributed by atoms with Crippen LogP contribution in [0.25, 0.3) is 0 Å². The summed E-state index contributed by atoms with van der Waals surface area (Å²) in [6.07, 6.45) is 1.59. The lowest BCUT2D eigenvalue weighted by Crippen LogP contribution is -2.36. The third kappa shape index (κ3) is 1.99. The van der Waals surface area contributed by atoms with Crippen LogP contribution in [0.1, 0.15) is 12.8 Å². The molecule has 1 saturated carbocycles. The fourth-order valence-corrected chi connectivity index (χ4v) is 1.99. The molecule has 0 unspecified atom stereocenters. The molecule has 1 aliphatic rings. The third-order valence-electron chi connectivity index (χ3n) is 3.13. The van der Waals surface area contributed by atoms with Gasteiger partial charge in [0.15, 0.2) is 0 Å². The molecule has 0 radical (unpaired) electrons. The lowest BCUT2D eigenvalue weighted by atomic mass is 10.1. The number of anilines is 1. The SMILES string of the molecule is CN(C(=O)C1(CO)CC1)c1ccc(Br)cc1. The minimum absolute atomic E-state index is 0.0114. The molecule has 1 amide bonds. The van der Waals surface area contributed by atoms with Crippen LogP contribution >= 0.6 is 15.9 Å². The van der Waals surface area contributed by atoms with Crippen molar-refractivity contribution in [1.29, 1.82) is 0 Å². The summed E-state index contributed by atoms with van der Waals surface area (Å²) in [6, 6.07) is 7.57. The van der Waals surface area contributed by atoms with Crippen LogP contribution in [0.4, 0.5) is 5.69 Å². The van der Waals surface area contributed by atoms with Gasteiger partial charge < -0.3 is 10.0 Å². The van der Waals surface area contributed by atoms with E-state index < -0.39 is 5.41 Å². The fraction of sp³-hybridized carbons (Fsp3) is 0.417. The molecule has 0 bridgehead atoms. The van der Waals surface area contributed by atoms with Crippen molar-refractivity contribution in [2.45, 2.75) is 12.8 Å². The lowest BCUT2D eigenvalue weighted by molar-refractivity contribution is -0.124. The Kier molecular flexibility index (Phi) is 3.04. The number of amides is 1. The van der Waals surface area contributed by atoms with E-state index >= 15 is 0 Å². The maximum Gasteiger partial charge on any atom is 0.235 e. The van der Waals surface area contributed by atoms with E-state index in [1.807, 2.05) is 24.3 Å². The van der Waals surface area contributed by atoms with Crippen LogP contribution in [0, 0.1) is 5.41 Å². The van der Waals surface area contributed by atoms with E-state index in [0.29, 0.717) is 0 Å². The zero-order valence-corrected chi connectivity index (χ0v) is 10.7. The second-order valence-electron chi connectivity index (χ2n) is 4.28. The number of benzene rings is 1. The molecule has 0 aromatic heterocycles. The van der Waals surface area contributed by atoms with E-state index in [9.17, 15) is 9.90 Å². The summed E-state index contributed by atoms with van der Waals surface area (Å²) in [6.45, 7) is -0.0489. The number of nitrogens with zero attached hydrogens (tertiary/aromatic N) is 1. The Hall–Kier alpha value is -0.870. The van der Waals surface area contributed by atoms with Crippen LogP contribution in [-0.2, 0) is 4.79 Å². The number of carbonyl (C=O) groups excluding carboxylic acids is 1. The van der Waals surface area contributed by atoms with Crippen LogP contribution in [0.2, 0.25) is 0 Å². The monoisotopic (exact) mass is 283 g/mol. The molecule has 86 valence electrons. The minimum atomic E-state index is -0.498. The molecule has 4 heteroatoms. The molecule has 1 aromatic carbocycles. The van der Waals surface area contributed by atoms with Crippen molar-refractivity contribution in [3.05, 3.63) is 28.7 Å². The summed E-state index contributed by atoms with van der Waals surface area (Å²) in [5, 5.41) is 9.21. The first-order valence-corrected chi connectivity index (χ1v) is 6.03. The van der Waals surface area contributed by atoms with Gasteiger partial charge in [0.25, 0.3) is 0 Å². The van der Waals surface area contributed by atoms with E-state index in [4.69, 9.17) is 0 Å². The van der Waals surface area contributed by atoms with Crippen molar-refractivity contribution in [1.82, 2.24) is 0 Å². The Labute approximate surface area is 103 Å². The molecule has 0 saturated heterocycles. The smallest absolute Gasteiger partial charge is 0.235 e. The van der Waals surface area contributed by atoms with E-state index in [-0.39, 0.29) is 12.5 Å². The minimum Gasteiger partial charge on any atom is -0.395 e. The highest BCUT2D eigenvalue weighted by Gasteiger charge is 2.50. The summed E-state index contributed by atoms with van der Waals surface area (Å²) in [5.74, 6) is 0.0114. The van der Waals surface area contributed by atoms with Crippen LogP contribution in [-0.4, -0.2) is 24.7 Å². The van der Waals surface area contributed by atoms with Crippen LogP contribution in [0.5, 0.6) is 0 Å². The number of aliphatic hydroxyl groups excluding tert-OH is 1. The molecule has 1 fully saturated rings. The highest BCUT2D eigenvalue weighted by Crippen LogP contribution is 2.47. The van der Waals surface area contributed by atoms with E-state index in [1.165, 1.54) is 0 Å². The Bertz CT molecular complexity index is 398. The first-order chi connectivity index (χ1) is 7.59. The van der Waals surface area contributed by atoms with Gasteiger partial charge in [-0.2, -0.15) is 0 Å². The van der Waals surface area contributed by atoms with Gasteiger partial charge >= 0.3 is 0 Å². The van der Waals surface area contributed by atoms with Gasteiger partial charge in [0.2, 0.25) is 5.91 Å². The summed E-state index contributed by atoms with van der Waals surface area (Å²) in [4.78, 5) is 13.7. The number of rotatable bonds is 3. The molecule has 0 spiro atoms. The molecular formula is C12H14BrNO2. The van der Waals surface area contributed by atoms with Crippen molar-refractivity contribution < 1.29 is 9.90 Å². The number of halogens is 1. The normalized spacial score (nSPS) is 16.9. The van der Waals surface area contributed by atoms with Crippen molar-refractivity contribution in [2.24, 2.45) is 5.41 Å². The summed E-state index contributed by atoms with van der Waals surface area (Å²) < 4.78 is 0.986. The molecule has 0 atom stereocenters. The molecule has 0 heterocycles. The van der Waals surface area contributed by atoms with Gasteiger partial charge in [-0.25, -0.2) is 0 Å². The first-order valence-electron chi connectivity index (χ1n) is 5.24. The number of carbonyl (C=O) groups is 1. The molecule has 1 aliphatic carbocycles. The van der Waals surface area contributed by atoms with Crippen LogP contribution in [0.3, 0.4) is 0 Å². The molecule has 3 nitrogen and oxygen atoms in total. The standard InChI is InChI=1S/C12H14BrNO2/c1-14(10-4-2-9(13)3-5-10)11(16)12(8-15)6-7-12/h2-5,15H,6-8H2,1H3. The van der Waals surface area contributed by atoms with Crippen molar-refractivity contribution >= 4 is 27.5 Å².